The summed E-state index contributed by atoms with van der Waals surface area (Å²) in [5.74, 6) is -1.74. The van der Waals surface area contributed by atoms with Gasteiger partial charge in [0, 0.05) is 14.2 Å². The molecule has 0 aliphatic carbocycles. The van der Waals surface area contributed by atoms with Crippen LogP contribution in [0.5, 0.6) is 0 Å². The van der Waals surface area contributed by atoms with E-state index in [1.165, 1.54) is 0 Å². The van der Waals surface area contributed by atoms with Gasteiger partial charge in [-0.15, -0.1) is 0 Å². The fraction of sp³-hybridized carbons (Fsp3) is 0.286. The first kappa shape index (κ1) is 19.3. The molecule has 1 heterocycles. The van der Waals surface area contributed by atoms with Gasteiger partial charge in [0.25, 0.3) is 0 Å². The number of Topliss-reactive ketones (excluding diaryl/α,β-unsaturated/α-hetero) is 1. The third kappa shape index (κ3) is 4.15. The molecule has 0 amide bonds. The molecule has 6 nitrogen and oxygen atoms in total. The number of alkyl halides is 3. The first-order valence-corrected chi connectivity index (χ1v) is 8.49. The molecule has 0 radical (unpaired) electrons. The molecule has 25 heavy (non-hydrogen) atoms. The van der Waals surface area contributed by atoms with Crippen molar-refractivity contribution in [1.82, 2.24) is 9.78 Å². The highest BCUT2D eigenvalue weighted by Crippen LogP contribution is 2.47. The number of nitrogens with zero attached hydrogens (tertiary/aromatic N) is 2. The lowest BCUT2D eigenvalue weighted by atomic mass is 10.1. The van der Waals surface area contributed by atoms with Crippen LogP contribution in [-0.4, -0.2) is 35.9 Å². The van der Waals surface area contributed by atoms with E-state index in [0.717, 1.165) is 38.5 Å². The number of carbonyl (C=O) groups excluding carboxylic acids is 1. The van der Waals surface area contributed by atoms with E-state index in [0.29, 0.717) is 10.9 Å². The maximum Gasteiger partial charge on any atom is 0.434 e. The van der Waals surface area contributed by atoms with Crippen LogP contribution in [-0.2, 0) is 19.8 Å². The molecule has 1 aromatic carbocycles. The number of rotatable bonds is 6. The second-order valence-electron chi connectivity index (χ2n) is 4.85. The van der Waals surface area contributed by atoms with Gasteiger partial charge in [0.1, 0.15) is 12.0 Å². The van der Waals surface area contributed by atoms with Gasteiger partial charge in [-0.1, -0.05) is 0 Å². The second kappa shape index (κ2) is 7.07. The molecule has 0 atom stereocenters. The molecule has 0 saturated heterocycles. The summed E-state index contributed by atoms with van der Waals surface area (Å²) in [6, 6.07) is 4.09. The van der Waals surface area contributed by atoms with Gasteiger partial charge in [0.05, 0.1) is 17.4 Å². The maximum atomic E-state index is 13.4. The summed E-state index contributed by atoms with van der Waals surface area (Å²) in [6.07, 6.45) is -5.09. The van der Waals surface area contributed by atoms with Gasteiger partial charge >= 0.3 is 13.8 Å². The van der Waals surface area contributed by atoms with E-state index in [-0.39, 0.29) is 5.69 Å². The molecule has 0 fully saturated rings. The summed E-state index contributed by atoms with van der Waals surface area (Å²) < 4.78 is 74.9. The number of benzene rings is 1. The maximum absolute atomic E-state index is 13.4. The van der Waals surface area contributed by atoms with E-state index >= 15 is 0 Å². The SMILES string of the molecule is COP(=O)(CC(=O)c1cnn(-c2ccc(F)cc2)c1C(F)(F)F)OC. The van der Waals surface area contributed by atoms with Gasteiger partial charge in [-0.2, -0.15) is 18.3 Å². The molecule has 2 rings (SSSR count). The Bertz CT molecular complexity index is 809. The van der Waals surface area contributed by atoms with E-state index in [1.54, 1.807) is 0 Å². The smallest absolute Gasteiger partial charge is 0.312 e. The van der Waals surface area contributed by atoms with Crippen molar-refractivity contribution in [2.24, 2.45) is 0 Å². The molecule has 11 heteroatoms. The number of halogens is 4. The first-order valence-electron chi connectivity index (χ1n) is 6.76. The van der Waals surface area contributed by atoms with Crippen molar-refractivity contribution in [1.29, 1.82) is 0 Å². The number of carbonyl (C=O) groups is 1. The summed E-state index contributed by atoms with van der Waals surface area (Å²) in [5.41, 5.74) is -2.23. The van der Waals surface area contributed by atoms with Crippen molar-refractivity contribution >= 4 is 13.4 Å². The van der Waals surface area contributed by atoms with Crippen molar-refractivity contribution in [3.05, 3.63) is 47.5 Å². The Balaban J connectivity index is 2.52. The summed E-state index contributed by atoms with van der Waals surface area (Å²) in [4.78, 5) is 12.2. The molecule has 2 aromatic rings. The predicted molar refractivity (Wildman–Crippen MR) is 79.3 cm³/mol. The van der Waals surface area contributed by atoms with Crippen molar-refractivity contribution in [2.75, 3.05) is 20.4 Å². The molecule has 0 bridgehead atoms. The Morgan fingerprint density at radius 3 is 2.24 bits per heavy atom. The fourth-order valence-corrected chi connectivity index (χ4v) is 3.00. The molecule has 0 aliphatic rings. The monoisotopic (exact) mass is 380 g/mol. The second-order valence-corrected chi connectivity index (χ2v) is 7.12. The lowest BCUT2D eigenvalue weighted by Gasteiger charge is -2.14. The van der Waals surface area contributed by atoms with Crippen LogP contribution in [0.15, 0.2) is 30.5 Å². The summed E-state index contributed by atoms with van der Waals surface area (Å²) >= 11 is 0. The summed E-state index contributed by atoms with van der Waals surface area (Å²) in [6.45, 7) is 0. The summed E-state index contributed by atoms with van der Waals surface area (Å²) in [7, 11) is -1.81. The lowest BCUT2D eigenvalue weighted by Crippen LogP contribution is -2.19. The van der Waals surface area contributed by atoms with Crippen LogP contribution in [0.2, 0.25) is 0 Å². The lowest BCUT2D eigenvalue weighted by molar-refractivity contribution is -0.143. The van der Waals surface area contributed by atoms with Crippen LogP contribution >= 0.6 is 7.60 Å². The molecule has 0 spiro atoms. The van der Waals surface area contributed by atoms with E-state index in [1.807, 2.05) is 0 Å². The highest BCUT2D eigenvalue weighted by molar-refractivity contribution is 7.54. The molecule has 136 valence electrons. The molecule has 0 saturated carbocycles. The van der Waals surface area contributed by atoms with Crippen molar-refractivity contribution in [3.8, 4) is 5.69 Å². The minimum atomic E-state index is -4.93. The number of ketones is 1. The standard InChI is InChI=1S/C14H13F4N2O4P/c1-23-25(22,24-2)8-12(21)11-7-19-20(13(11)14(16,17)18)10-5-3-9(15)4-6-10/h3-7H,8H2,1-2H3. The fourth-order valence-electron chi connectivity index (χ4n) is 2.07. The average molecular weight is 380 g/mol. The minimum absolute atomic E-state index is 0.0885. The van der Waals surface area contributed by atoms with E-state index in [2.05, 4.69) is 14.1 Å². The predicted octanol–water partition coefficient (Wildman–Crippen LogP) is 3.70. The quantitative estimate of drug-likeness (QED) is 0.434. The number of hydrogen-bond acceptors (Lipinski definition) is 5. The highest BCUT2D eigenvalue weighted by atomic mass is 31.2. The molecule has 0 aliphatic heterocycles. The number of aromatic nitrogens is 2. The van der Waals surface area contributed by atoms with Crippen molar-refractivity contribution in [3.63, 3.8) is 0 Å². The molecule has 0 unspecified atom stereocenters. The van der Waals surface area contributed by atoms with Crippen molar-refractivity contribution in [2.45, 2.75) is 6.18 Å². The van der Waals surface area contributed by atoms with Crippen LogP contribution in [0.3, 0.4) is 0 Å². The third-order valence-electron chi connectivity index (χ3n) is 3.30. The third-order valence-corrected chi connectivity index (χ3v) is 5.09. The molecule has 0 N–H and O–H groups in total. The average Bonchev–Trinajstić information content (AvgIpc) is 3.01. The van der Waals surface area contributed by atoms with Gasteiger partial charge in [-0.25, -0.2) is 9.07 Å². The summed E-state index contributed by atoms with van der Waals surface area (Å²) in [5, 5.41) is 3.57. The zero-order valence-electron chi connectivity index (χ0n) is 13.1. The minimum Gasteiger partial charge on any atom is -0.312 e. The molecular formula is C14H13F4N2O4P. The van der Waals surface area contributed by atoms with Crippen LogP contribution in [0, 0.1) is 5.82 Å². The van der Waals surface area contributed by atoms with E-state index in [4.69, 9.17) is 0 Å². The van der Waals surface area contributed by atoms with Gasteiger partial charge in [0.2, 0.25) is 0 Å². The van der Waals surface area contributed by atoms with Crippen molar-refractivity contribution < 1.29 is 36.0 Å². The Hall–Kier alpha value is -2.03. The highest BCUT2D eigenvalue weighted by Gasteiger charge is 2.41. The number of hydrogen-bond donors (Lipinski definition) is 0. The van der Waals surface area contributed by atoms with Crippen LogP contribution in [0.4, 0.5) is 17.6 Å². The first-order chi connectivity index (χ1) is 11.6. The normalized spacial score (nSPS) is 12.4. The zero-order valence-corrected chi connectivity index (χ0v) is 14.0. The Morgan fingerprint density at radius 2 is 1.76 bits per heavy atom. The van der Waals surface area contributed by atoms with E-state index in [9.17, 15) is 26.9 Å². The van der Waals surface area contributed by atoms with Gasteiger partial charge in [-0.3, -0.25) is 9.36 Å². The largest absolute Gasteiger partial charge is 0.434 e. The molecule has 1 aromatic heterocycles. The Kier molecular flexibility index (Phi) is 5.46. The van der Waals surface area contributed by atoms with Gasteiger partial charge in [0.15, 0.2) is 11.5 Å². The van der Waals surface area contributed by atoms with Crippen LogP contribution in [0.25, 0.3) is 5.69 Å². The van der Waals surface area contributed by atoms with E-state index < -0.39 is 42.8 Å². The van der Waals surface area contributed by atoms with Crippen LogP contribution in [0.1, 0.15) is 16.1 Å². The Morgan fingerprint density at radius 1 is 1.20 bits per heavy atom. The Labute approximate surface area is 139 Å². The topological polar surface area (TPSA) is 70.4 Å². The molecular weight excluding hydrogens is 367 g/mol. The van der Waals surface area contributed by atoms with Gasteiger partial charge < -0.3 is 9.05 Å². The van der Waals surface area contributed by atoms with Crippen LogP contribution < -0.4 is 0 Å². The zero-order chi connectivity index (χ0) is 18.8. The van der Waals surface area contributed by atoms with Gasteiger partial charge in [-0.05, 0) is 24.3 Å².